The second-order valence-corrected chi connectivity index (χ2v) is 25.4. The normalized spacial score (nSPS) is 14.3. The van der Waals surface area contributed by atoms with Gasteiger partial charge in [0.2, 0.25) is 5.91 Å². The predicted octanol–water partition coefficient (Wildman–Crippen LogP) is 21.0. The molecule has 0 rings (SSSR count). The van der Waals surface area contributed by atoms with Gasteiger partial charge in [0, 0.05) is 12.8 Å². The molecular weight excluding hydrogens is 1050 g/mol. The Morgan fingerprint density at radius 3 is 1.18 bits per heavy atom. The fourth-order valence-corrected chi connectivity index (χ4v) is 10.2. The molecule has 478 valence electrons. The second-order valence-electron chi connectivity index (χ2n) is 23.9. The van der Waals surface area contributed by atoms with Crippen LogP contribution in [0.3, 0.4) is 0 Å². The summed E-state index contributed by atoms with van der Waals surface area (Å²) in [6.07, 6.45) is 84.8. The first kappa shape index (κ1) is 79.7. The van der Waals surface area contributed by atoms with Gasteiger partial charge in [-0.1, -0.05) is 272 Å². The summed E-state index contributed by atoms with van der Waals surface area (Å²) in [5, 5.41) is 3.03. The standard InChI is InChI=1S/C73H129N2O7P/c1-7-10-13-16-19-22-25-28-30-32-34-36-37-39-41-43-45-48-51-54-57-60-63-66-73(77)82-71(64-61-58-55-52-49-46-27-24-21-18-15-12-9-3)70(69-81-83(78,79)80-68-67-75(4,5)6)74-72(76)65-62-59-56-53-50-47-44-42-40-38-35-33-31-29-26-23-20-17-14-11-8-2/h11,14,19-20,22-23,28-31,34-36,38,42,44,61,64,70-71H,7-10,12-13,15-18,21,24-27,32-33,37,39-41,43,45-60,62-63,65-69H2,1-6H3,(H-,74,76,78,79)/b14-11-,22-19-,23-20-,30-28-,31-29-,36-34-,38-35-,44-42-,64-61+. The number of rotatable bonds is 61. The number of carbonyl (C=O) groups excluding carboxylic acids is 2. The summed E-state index contributed by atoms with van der Waals surface area (Å²) in [7, 11) is 1.16. The fourth-order valence-electron chi connectivity index (χ4n) is 9.44. The maximum Gasteiger partial charge on any atom is 0.306 e. The number of nitrogens with one attached hydrogen (secondary N) is 1. The molecule has 0 aromatic rings. The highest BCUT2D eigenvalue weighted by atomic mass is 31.2. The number of likely N-dealkylation sites (N-methyl/N-ethyl adjacent to an activating group) is 1. The van der Waals surface area contributed by atoms with Crippen molar-refractivity contribution in [2.45, 2.75) is 303 Å². The molecule has 0 heterocycles. The Bertz CT molecular complexity index is 1790. The highest BCUT2D eigenvalue weighted by Crippen LogP contribution is 2.38. The number of nitrogens with zero attached hydrogens (tertiary/aromatic N) is 1. The van der Waals surface area contributed by atoms with E-state index in [1.807, 2.05) is 33.3 Å². The number of allylic oxidation sites excluding steroid dienone is 17. The largest absolute Gasteiger partial charge is 0.756 e. The van der Waals surface area contributed by atoms with E-state index in [-0.39, 0.29) is 31.3 Å². The molecule has 1 amide bonds. The maximum atomic E-state index is 13.6. The Morgan fingerprint density at radius 1 is 0.434 bits per heavy atom. The van der Waals surface area contributed by atoms with Crippen molar-refractivity contribution in [2.75, 3.05) is 40.9 Å². The lowest BCUT2D eigenvalue weighted by Crippen LogP contribution is -2.47. The third-order valence-corrected chi connectivity index (χ3v) is 15.7. The lowest BCUT2D eigenvalue weighted by Gasteiger charge is -2.30. The molecule has 0 radical (unpaired) electrons. The summed E-state index contributed by atoms with van der Waals surface area (Å²) in [6.45, 7) is 6.70. The van der Waals surface area contributed by atoms with E-state index in [0.29, 0.717) is 17.4 Å². The lowest BCUT2D eigenvalue weighted by atomic mass is 10.0. The smallest absolute Gasteiger partial charge is 0.306 e. The number of esters is 1. The van der Waals surface area contributed by atoms with Gasteiger partial charge in [-0.2, -0.15) is 0 Å². The first-order valence-corrected chi connectivity index (χ1v) is 35.7. The lowest BCUT2D eigenvalue weighted by molar-refractivity contribution is -0.870. The summed E-state index contributed by atoms with van der Waals surface area (Å²) in [5.41, 5.74) is 0. The number of hydrogen-bond acceptors (Lipinski definition) is 7. The SMILES string of the molecule is CC/C=C\C/C=C\C/C=C\C/C=C\C/C=C\CCCCCCCC(=O)NC(COP(=O)([O-])OCC[N+](C)(C)C)C(/C=C/CCCCCCCCCCCCC)OC(=O)CCCCCCCCCCCC/C=C\C/C=C\C/C=C\CCCCC. The summed E-state index contributed by atoms with van der Waals surface area (Å²) in [5.74, 6) is -0.568. The van der Waals surface area contributed by atoms with Crippen LogP contribution in [0.15, 0.2) is 109 Å². The van der Waals surface area contributed by atoms with Crippen LogP contribution in [0.5, 0.6) is 0 Å². The Balaban J connectivity index is 5.22. The number of hydrogen-bond donors (Lipinski definition) is 1. The zero-order valence-electron chi connectivity index (χ0n) is 54.6. The molecule has 0 bridgehead atoms. The summed E-state index contributed by atoms with van der Waals surface area (Å²) < 4.78 is 30.4. The van der Waals surface area contributed by atoms with Crippen LogP contribution in [-0.2, 0) is 27.9 Å². The molecule has 0 aliphatic carbocycles. The molecule has 10 heteroatoms. The first-order valence-electron chi connectivity index (χ1n) is 34.2. The van der Waals surface area contributed by atoms with Crippen molar-refractivity contribution in [3.63, 3.8) is 0 Å². The van der Waals surface area contributed by atoms with E-state index >= 15 is 0 Å². The van der Waals surface area contributed by atoms with Crippen molar-refractivity contribution in [1.82, 2.24) is 5.32 Å². The molecule has 1 N–H and O–H groups in total. The Hall–Kier alpha value is -3.33. The van der Waals surface area contributed by atoms with E-state index in [9.17, 15) is 19.0 Å². The number of phosphoric acid groups is 1. The number of amides is 1. The minimum absolute atomic E-state index is 0.0321. The van der Waals surface area contributed by atoms with Gasteiger partial charge in [0.05, 0.1) is 33.8 Å². The zero-order valence-corrected chi connectivity index (χ0v) is 55.5. The molecule has 0 aromatic heterocycles. The van der Waals surface area contributed by atoms with E-state index in [1.54, 1.807) is 0 Å². The van der Waals surface area contributed by atoms with Gasteiger partial charge >= 0.3 is 5.97 Å². The van der Waals surface area contributed by atoms with Gasteiger partial charge in [-0.05, 0) is 115 Å². The molecule has 0 aliphatic rings. The van der Waals surface area contributed by atoms with Crippen LogP contribution < -0.4 is 10.2 Å². The molecule has 0 aliphatic heterocycles. The molecule has 3 unspecified atom stereocenters. The minimum Gasteiger partial charge on any atom is -0.756 e. The van der Waals surface area contributed by atoms with Gasteiger partial charge in [0.15, 0.2) is 0 Å². The second kappa shape index (κ2) is 61.7. The third kappa shape index (κ3) is 63.0. The van der Waals surface area contributed by atoms with Crippen LogP contribution in [0.4, 0.5) is 0 Å². The van der Waals surface area contributed by atoms with Crippen LogP contribution in [0.1, 0.15) is 290 Å². The van der Waals surface area contributed by atoms with Crippen LogP contribution >= 0.6 is 7.82 Å². The molecule has 3 atom stereocenters. The summed E-state index contributed by atoms with van der Waals surface area (Å²) >= 11 is 0. The quantitative estimate of drug-likeness (QED) is 0.0212. The Kier molecular flexibility index (Phi) is 59.3. The highest BCUT2D eigenvalue weighted by Gasteiger charge is 2.27. The van der Waals surface area contributed by atoms with Crippen molar-refractivity contribution in [3.8, 4) is 0 Å². The van der Waals surface area contributed by atoms with Gasteiger partial charge in [0.1, 0.15) is 19.3 Å². The fraction of sp³-hybridized carbons (Fsp3) is 0.726. The summed E-state index contributed by atoms with van der Waals surface area (Å²) in [6, 6.07) is -0.908. The van der Waals surface area contributed by atoms with Crippen molar-refractivity contribution >= 4 is 19.7 Å². The van der Waals surface area contributed by atoms with Gasteiger partial charge < -0.3 is 28.5 Å². The molecular formula is C73H129N2O7P. The van der Waals surface area contributed by atoms with E-state index < -0.39 is 26.6 Å². The van der Waals surface area contributed by atoms with E-state index in [2.05, 4.69) is 123 Å². The van der Waals surface area contributed by atoms with Gasteiger partial charge in [0.25, 0.3) is 7.82 Å². The van der Waals surface area contributed by atoms with Crippen LogP contribution in [0.25, 0.3) is 0 Å². The highest BCUT2D eigenvalue weighted by molar-refractivity contribution is 7.45. The number of unbranched alkanes of at least 4 members (excludes halogenated alkanes) is 29. The van der Waals surface area contributed by atoms with Crippen LogP contribution in [0.2, 0.25) is 0 Å². The Morgan fingerprint density at radius 2 is 0.771 bits per heavy atom. The molecule has 83 heavy (non-hydrogen) atoms. The molecule has 0 saturated carbocycles. The minimum atomic E-state index is -4.72. The summed E-state index contributed by atoms with van der Waals surface area (Å²) in [4.78, 5) is 40.2. The number of ether oxygens (including phenoxy) is 1. The zero-order chi connectivity index (χ0) is 60.7. The van der Waals surface area contributed by atoms with Crippen LogP contribution in [0, 0.1) is 0 Å². The van der Waals surface area contributed by atoms with Crippen molar-refractivity contribution in [3.05, 3.63) is 109 Å². The van der Waals surface area contributed by atoms with Crippen molar-refractivity contribution < 1.29 is 37.3 Å². The molecule has 0 fully saturated rings. The van der Waals surface area contributed by atoms with E-state index in [4.69, 9.17) is 13.8 Å². The average Bonchev–Trinajstić information content (AvgIpc) is 3.46. The Labute approximate surface area is 512 Å². The predicted molar refractivity (Wildman–Crippen MR) is 357 cm³/mol. The van der Waals surface area contributed by atoms with Crippen molar-refractivity contribution in [1.29, 1.82) is 0 Å². The third-order valence-electron chi connectivity index (χ3n) is 14.7. The molecule has 0 spiro atoms. The number of quaternary nitrogens is 1. The molecule has 0 saturated heterocycles. The van der Waals surface area contributed by atoms with E-state index in [0.717, 1.165) is 128 Å². The van der Waals surface area contributed by atoms with Gasteiger partial charge in [-0.25, -0.2) is 0 Å². The maximum absolute atomic E-state index is 13.6. The van der Waals surface area contributed by atoms with Crippen molar-refractivity contribution in [2.24, 2.45) is 0 Å². The van der Waals surface area contributed by atoms with E-state index in [1.165, 1.54) is 122 Å². The number of carbonyl (C=O) groups is 2. The molecule has 0 aromatic carbocycles. The molecule has 9 nitrogen and oxygen atoms in total. The monoisotopic (exact) mass is 1180 g/mol. The average molecular weight is 1180 g/mol. The van der Waals surface area contributed by atoms with Crippen LogP contribution in [-0.4, -0.2) is 69.4 Å². The van der Waals surface area contributed by atoms with Gasteiger partial charge in [-0.3, -0.25) is 14.2 Å². The number of phosphoric ester groups is 1. The van der Waals surface area contributed by atoms with Gasteiger partial charge in [-0.15, -0.1) is 0 Å². The topological polar surface area (TPSA) is 114 Å². The first-order chi connectivity index (χ1) is 40.4.